The van der Waals surface area contributed by atoms with Gasteiger partial charge in [-0.25, -0.2) is 0 Å². The van der Waals surface area contributed by atoms with Gasteiger partial charge in [-0.05, 0) is 6.92 Å². The topological polar surface area (TPSA) is 28.0 Å². The lowest BCUT2D eigenvalue weighted by atomic mass is 10.7. The number of nitrogens with zero attached hydrogens (tertiary/aromatic N) is 3. The predicted molar refractivity (Wildman–Crippen MR) is 36.3 cm³/mol. The van der Waals surface area contributed by atoms with Crippen LogP contribution in [0.25, 0.3) is 0 Å². The number of rotatable bonds is 3. The molecule has 0 amide bonds. The summed E-state index contributed by atoms with van der Waals surface area (Å²) < 4.78 is 0. The van der Waals surface area contributed by atoms with Crippen molar-refractivity contribution in [3.63, 3.8) is 0 Å². The maximum atomic E-state index is 3.56. The van der Waals surface area contributed by atoms with Crippen molar-refractivity contribution in [3.8, 4) is 0 Å². The van der Waals surface area contributed by atoms with Gasteiger partial charge in [-0.15, -0.1) is 5.10 Å². The smallest absolute Gasteiger partial charge is 0.113 e. The van der Waals surface area contributed by atoms with Crippen LogP contribution in [0.15, 0.2) is 10.2 Å². The summed E-state index contributed by atoms with van der Waals surface area (Å²) in [6, 6.07) is 0. The maximum Gasteiger partial charge on any atom is 0.113 e. The maximum absolute atomic E-state index is 3.56. The Morgan fingerprint density at radius 3 is 2.75 bits per heavy atom. The standard InChI is InChI=1S/C5H11N3/c1-4-8(3)5-7-6-2/h5H,2,4H2,1,3H3/b7-5-. The Hall–Kier alpha value is -0.860. The molecule has 46 valence electrons. The highest BCUT2D eigenvalue weighted by molar-refractivity contribution is 5.54. The summed E-state index contributed by atoms with van der Waals surface area (Å²) in [7, 11) is 1.93. The molecule has 0 bridgehead atoms. The van der Waals surface area contributed by atoms with Crippen LogP contribution in [0, 0.1) is 0 Å². The molecule has 0 N–H and O–H groups in total. The first-order valence-corrected chi connectivity index (χ1v) is 2.50. The predicted octanol–water partition coefficient (Wildman–Crippen LogP) is 0.582. The van der Waals surface area contributed by atoms with E-state index in [9.17, 15) is 0 Å². The highest BCUT2D eigenvalue weighted by Gasteiger charge is 1.79. The fourth-order valence-electron chi connectivity index (χ4n) is 0.206. The van der Waals surface area contributed by atoms with E-state index in [-0.39, 0.29) is 0 Å². The summed E-state index contributed by atoms with van der Waals surface area (Å²) in [4.78, 5) is 1.91. The first kappa shape index (κ1) is 7.14. The molecule has 0 heterocycles. The summed E-state index contributed by atoms with van der Waals surface area (Å²) in [5.41, 5.74) is 0. The van der Waals surface area contributed by atoms with Crippen molar-refractivity contribution < 1.29 is 0 Å². The van der Waals surface area contributed by atoms with Crippen LogP contribution in [0.5, 0.6) is 0 Å². The van der Waals surface area contributed by atoms with Crippen LogP contribution in [0.2, 0.25) is 0 Å². The lowest BCUT2D eigenvalue weighted by Crippen LogP contribution is -2.14. The molecule has 0 saturated heterocycles. The highest BCUT2D eigenvalue weighted by atomic mass is 15.3. The van der Waals surface area contributed by atoms with E-state index in [0.717, 1.165) is 6.54 Å². The third-order valence-corrected chi connectivity index (χ3v) is 0.829. The van der Waals surface area contributed by atoms with Gasteiger partial charge in [0.25, 0.3) is 0 Å². The van der Waals surface area contributed by atoms with Gasteiger partial charge < -0.3 is 4.90 Å². The molecule has 0 aromatic carbocycles. The van der Waals surface area contributed by atoms with E-state index >= 15 is 0 Å². The molecule has 0 aliphatic carbocycles. The van der Waals surface area contributed by atoms with Crippen LogP contribution in [0.3, 0.4) is 0 Å². The Morgan fingerprint density at radius 2 is 2.38 bits per heavy atom. The molecule has 0 aromatic heterocycles. The number of hydrogen-bond donors (Lipinski definition) is 0. The quantitative estimate of drug-likeness (QED) is 0.299. The number of hydrogen-bond acceptors (Lipinski definition) is 2. The molecule has 0 fully saturated rings. The third-order valence-electron chi connectivity index (χ3n) is 0.829. The van der Waals surface area contributed by atoms with Gasteiger partial charge in [-0.1, -0.05) is 0 Å². The van der Waals surface area contributed by atoms with E-state index in [1.54, 1.807) is 6.34 Å². The highest BCUT2D eigenvalue weighted by Crippen LogP contribution is 1.73. The molecule has 3 heteroatoms. The van der Waals surface area contributed by atoms with Crippen molar-refractivity contribution >= 4 is 13.1 Å². The van der Waals surface area contributed by atoms with Gasteiger partial charge in [0, 0.05) is 20.3 Å². The molecular weight excluding hydrogens is 102 g/mol. The van der Waals surface area contributed by atoms with E-state index in [1.165, 1.54) is 0 Å². The van der Waals surface area contributed by atoms with Crippen molar-refractivity contribution in [2.45, 2.75) is 6.92 Å². The largest absolute Gasteiger partial charge is 0.364 e. The van der Waals surface area contributed by atoms with Crippen LogP contribution >= 0.6 is 0 Å². The second-order valence-corrected chi connectivity index (χ2v) is 1.45. The van der Waals surface area contributed by atoms with Crippen molar-refractivity contribution in [2.75, 3.05) is 13.6 Å². The van der Waals surface area contributed by atoms with Crippen LogP contribution in [-0.4, -0.2) is 31.5 Å². The summed E-state index contributed by atoms with van der Waals surface area (Å²) in [5.74, 6) is 0. The lowest BCUT2D eigenvalue weighted by molar-refractivity contribution is 0.550. The molecule has 3 nitrogen and oxygen atoms in total. The first-order chi connectivity index (χ1) is 3.81. The van der Waals surface area contributed by atoms with Crippen molar-refractivity contribution in [3.05, 3.63) is 0 Å². The van der Waals surface area contributed by atoms with Gasteiger partial charge in [0.2, 0.25) is 0 Å². The molecule has 0 aliphatic rings. The molecule has 0 aliphatic heterocycles. The Balaban J connectivity index is 3.35. The normalized spacial score (nSPS) is 9.75. The van der Waals surface area contributed by atoms with Gasteiger partial charge in [-0.3, -0.25) is 0 Å². The van der Waals surface area contributed by atoms with Gasteiger partial charge in [-0.2, -0.15) is 5.10 Å². The summed E-state index contributed by atoms with van der Waals surface area (Å²) in [6.45, 7) is 6.17. The molecule has 0 aromatic rings. The van der Waals surface area contributed by atoms with Gasteiger partial charge in [0.15, 0.2) is 0 Å². The molecule has 0 atom stereocenters. The Labute approximate surface area is 49.7 Å². The average molecular weight is 113 g/mol. The SMILES string of the molecule is C=N/N=C\N(C)CC. The van der Waals surface area contributed by atoms with E-state index in [2.05, 4.69) is 16.9 Å². The molecule has 0 unspecified atom stereocenters. The minimum atomic E-state index is 0.943. The van der Waals surface area contributed by atoms with Crippen LogP contribution in [-0.2, 0) is 0 Å². The van der Waals surface area contributed by atoms with Crippen LogP contribution in [0.4, 0.5) is 0 Å². The van der Waals surface area contributed by atoms with Crippen LogP contribution < -0.4 is 0 Å². The summed E-state index contributed by atoms with van der Waals surface area (Å²) in [5, 5.41) is 6.86. The van der Waals surface area contributed by atoms with E-state index in [1.807, 2.05) is 18.9 Å². The molecular formula is C5H11N3. The molecule has 0 spiro atoms. The lowest BCUT2D eigenvalue weighted by Gasteiger charge is -2.05. The summed E-state index contributed by atoms with van der Waals surface area (Å²) in [6.07, 6.45) is 1.63. The minimum absolute atomic E-state index is 0.943. The van der Waals surface area contributed by atoms with E-state index < -0.39 is 0 Å². The monoisotopic (exact) mass is 113 g/mol. The zero-order chi connectivity index (χ0) is 6.41. The zero-order valence-corrected chi connectivity index (χ0v) is 5.33. The van der Waals surface area contributed by atoms with Crippen molar-refractivity contribution in [2.24, 2.45) is 10.2 Å². The van der Waals surface area contributed by atoms with Crippen LogP contribution in [0.1, 0.15) is 6.92 Å². The minimum Gasteiger partial charge on any atom is -0.364 e. The van der Waals surface area contributed by atoms with E-state index in [0.29, 0.717) is 0 Å². The molecule has 0 saturated carbocycles. The Bertz CT molecular complexity index is 87.7. The first-order valence-electron chi connectivity index (χ1n) is 2.50. The van der Waals surface area contributed by atoms with Gasteiger partial charge in [0.1, 0.15) is 6.34 Å². The molecule has 0 rings (SSSR count). The molecule has 0 radical (unpaired) electrons. The van der Waals surface area contributed by atoms with Crippen molar-refractivity contribution in [1.82, 2.24) is 4.90 Å². The second-order valence-electron chi connectivity index (χ2n) is 1.45. The fraction of sp³-hybridized carbons (Fsp3) is 0.600. The van der Waals surface area contributed by atoms with E-state index in [4.69, 9.17) is 0 Å². The Kier molecular flexibility index (Phi) is 3.84. The fourth-order valence-corrected chi connectivity index (χ4v) is 0.206. The average Bonchev–Trinajstić information content (AvgIpc) is 1.83. The molecule has 8 heavy (non-hydrogen) atoms. The van der Waals surface area contributed by atoms with Gasteiger partial charge >= 0.3 is 0 Å². The Morgan fingerprint density at radius 1 is 1.75 bits per heavy atom. The second kappa shape index (κ2) is 4.30. The summed E-state index contributed by atoms with van der Waals surface area (Å²) >= 11 is 0. The van der Waals surface area contributed by atoms with Crippen molar-refractivity contribution in [1.29, 1.82) is 0 Å². The van der Waals surface area contributed by atoms with Gasteiger partial charge in [0.05, 0.1) is 0 Å². The zero-order valence-electron chi connectivity index (χ0n) is 5.33. The third kappa shape index (κ3) is 3.33.